The maximum atomic E-state index is 5.46. The lowest BCUT2D eigenvalue weighted by atomic mass is 9.87. The molecule has 3 rings (SSSR count). The molecule has 92 valence electrons. The summed E-state index contributed by atoms with van der Waals surface area (Å²) in [6.07, 6.45) is 0. The molecule has 1 fully saturated rings. The molecule has 0 aromatic heterocycles. The second-order valence-electron chi connectivity index (χ2n) is 4.96. The van der Waals surface area contributed by atoms with Crippen molar-refractivity contribution in [2.45, 2.75) is 19.4 Å². The number of hydrogen-bond donors (Lipinski definition) is 2. The van der Waals surface area contributed by atoms with Crippen molar-refractivity contribution >= 4 is 0 Å². The van der Waals surface area contributed by atoms with Crippen LogP contribution < -0.4 is 20.1 Å². The Labute approximate surface area is 101 Å². The summed E-state index contributed by atoms with van der Waals surface area (Å²) in [7, 11) is 0. The zero-order valence-corrected chi connectivity index (χ0v) is 10.3. The third kappa shape index (κ3) is 1.77. The smallest absolute Gasteiger partial charge is 0.231 e. The topological polar surface area (TPSA) is 42.5 Å². The van der Waals surface area contributed by atoms with Crippen LogP contribution in [0.1, 0.15) is 18.1 Å². The third-order valence-corrected chi connectivity index (χ3v) is 3.61. The van der Waals surface area contributed by atoms with Gasteiger partial charge in [0.1, 0.15) is 0 Å². The van der Waals surface area contributed by atoms with Crippen molar-refractivity contribution in [3.05, 3.63) is 23.3 Å². The first-order chi connectivity index (χ1) is 8.19. The first-order valence-corrected chi connectivity index (χ1v) is 6.05. The number of rotatable bonds is 1. The largest absolute Gasteiger partial charge is 0.454 e. The van der Waals surface area contributed by atoms with Crippen molar-refractivity contribution in [1.82, 2.24) is 10.6 Å². The Kier molecular flexibility index (Phi) is 2.49. The standard InChI is InChI=1S/C13H18N2O2/c1-9-5-11-12(17-8-16-11)6-10(9)13(2)7-14-3-4-15-13/h5-6,14-15H,3-4,7-8H2,1-2H3. The molecule has 0 saturated carbocycles. The summed E-state index contributed by atoms with van der Waals surface area (Å²) in [5, 5.41) is 7.02. The summed E-state index contributed by atoms with van der Waals surface area (Å²) in [4.78, 5) is 0. The zero-order chi connectivity index (χ0) is 11.9. The molecule has 1 atom stereocenters. The number of ether oxygens (including phenoxy) is 2. The van der Waals surface area contributed by atoms with Crippen LogP contribution in [-0.2, 0) is 5.54 Å². The number of nitrogens with one attached hydrogen (secondary N) is 2. The Morgan fingerprint density at radius 1 is 1.18 bits per heavy atom. The van der Waals surface area contributed by atoms with Gasteiger partial charge in [0.25, 0.3) is 0 Å². The van der Waals surface area contributed by atoms with E-state index in [2.05, 4.69) is 36.6 Å². The highest BCUT2D eigenvalue weighted by molar-refractivity contribution is 5.50. The maximum Gasteiger partial charge on any atom is 0.231 e. The van der Waals surface area contributed by atoms with Crippen LogP contribution in [0.2, 0.25) is 0 Å². The van der Waals surface area contributed by atoms with Crippen molar-refractivity contribution in [1.29, 1.82) is 0 Å². The molecule has 1 unspecified atom stereocenters. The highest BCUT2D eigenvalue weighted by Gasteiger charge is 2.31. The monoisotopic (exact) mass is 234 g/mol. The predicted molar refractivity (Wildman–Crippen MR) is 65.5 cm³/mol. The summed E-state index contributed by atoms with van der Waals surface area (Å²) in [5.41, 5.74) is 2.51. The van der Waals surface area contributed by atoms with Crippen molar-refractivity contribution in [2.75, 3.05) is 26.4 Å². The van der Waals surface area contributed by atoms with Crippen LogP contribution in [0.4, 0.5) is 0 Å². The van der Waals surface area contributed by atoms with Gasteiger partial charge in [0.2, 0.25) is 6.79 Å². The van der Waals surface area contributed by atoms with Gasteiger partial charge in [0, 0.05) is 19.6 Å². The van der Waals surface area contributed by atoms with E-state index < -0.39 is 0 Å². The van der Waals surface area contributed by atoms with Crippen LogP contribution in [0.25, 0.3) is 0 Å². The summed E-state index contributed by atoms with van der Waals surface area (Å²) in [5.74, 6) is 1.72. The summed E-state index contributed by atoms with van der Waals surface area (Å²) in [6, 6.07) is 4.18. The van der Waals surface area contributed by atoms with Crippen LogP contribution in [0.3, 0.4) is 0 Å². The van der Waals surface area contributed by atoms with Crippen molar-refractivity contribution in [3.63, 3.8) is 0 Å². The highest BCUT2D eigenvalue weighted by atomic mass is 16.7. The molecular weight excluding hydrogens is 216 g/mol. The van der Waals surface area contributed by atoms with Crippen molar-refractivity contribution < 1.29 is 9.47 Å². The third-order valence-electron chi connectivity index (χ3n) is 3.61. The lowest BCUT2D eigenvalue weighted by Crippen LogP contribution is -2.55. The van der Waals surface area contributed by atoms with Gasteiger partial charge < -0.3 is 20.1 Å². The van der Waals surface area contributed by atoms with Gasteiger partial charge in [-0.1, -0.05) is 0 Å². The number of fused-ring (bicyclic) bond motifs is 1. The van der Waals surface area contributed by atoms with Gasteiger partial charge in [-0.2, -0.15) is 0 Å². The minimum Gasteiger partial charge on any atom is -0.454 e. The van der Waals surface area contributed by atoms with Crippen LogP contribution in [0, 0.1) is 6.92 Å². The molecule has 0 radical (unpaired) electrons. The van der Waals surface area contributed by atoms with Gasteiger partial charge in [-0.15, -0.1) is 0 Å². The van der Waals surface area contributed by atoms with Crippen molar-refractivity contribution in [3.8, 4) is 11.5 Å². The average Bonchev–Trinajstić information content (AvgIpc) is 2.76. The zero-order valence-electron chi connectivity index (χ0n) is 10.3. The van der Waals surface area contributed by atoms with Crippen LogP contribution in [-0.4, -0.2) is 26.4 Å². The van der Waals surface area contributed by atoms with Gasteiger partial charge >= 0.3 is 0 Å². The van der Waals surface area contributed by atoms with Gasteiger partial charge in [0.05, 0.1) is 5.54 Å². The van der Waals surface area contributed by atoms with Gasteiger partial charge in [0.15, 0.2) is 11.5 Å². The van der Waals surface area contributed by atoms with E-state index in [1.54, 1.807) is 0 Å². The van der Waals surface area contributed by atoms with E-state index in [-0.39, 0.29) is 5.54 Å². The molecule has 0 aliphatic carbocycles. The van der Waals surface area contributed by atoms with Gasteiger partial charge in [-0.25, -0.2) is 0 Å². The van der Waals surface area contributed by atoms with Crippen molar-refractivity contribution in [2.24, 2.45) is 0 Å². The number of hydrogen-bond acceptors (Lipinski definition) is 4. The van der Waals surface area contributed by atoms with Crippen LogP contribution in [0.15, 0.2) is 12.1 Å². The molecular formula is C13H18N2O2. The van der Waals surface area contributed by atoms with E-state index in [9.17, 15) is 0 Å². The second-order valence-corrected chi connectivity index (χ2v) is 4.96. The lowest BCUT2D eigenvalue weighted by Gasteiger charge is -2.37. The second kappa shape index (κ2) is 3.89. The van der Waals surface area contributed by atoms with E-state index in [1.165, 1.54) is 11.1 Å². The van der Waals surface area contributed by atoms with E-state index in [4.69, 9.17) is 9.47 Å². The first kappa shape index (κ1) is 10.9. The van der Waals surface area contributed by atoms with Crippen LogP contribution in [0.5, 0.6) is 11.5 Å². The Morgan fingerprint density at radius 3 is 2.65 bits per heavy atom. The molecule has 2 aliphatic heterocycles. The number of aryl methyl sites for hydroxylation is 1. The SMILES string of the molecule is Cc1cc2c(cc1C1(C)CNCCN1)OCO2. The van der Waals surface area contributed by atoms with E-state index in [0.29, 0.717) is 6.79 Å². The molecule has 2 aliphatic rings. The number of benzene rings is 1. The fourth-order valence-electron chi connectivity index (χ4n) is 2.66. The van der Waals surface area contributed by atoms with Gasteiger partial charge in [-0.05, 0) is 37.1 Å². The maximum absolute atomic E-state index is 5.46. The molecule has 1 aromatic rings. The first-order valence-electron chi connectivity index (χ1n) is 6.05. The average molecular weight is 234 g/mol. The Hall–Kier alpha value is -1.26. The summed E-state index contributed by atoms with van der Waals surface area (Å²) < 4.78 is 10.9. The summed E-state index contributed by atoms with van der Waals surface area (Å²) in [6.45, 7) is 7.64. The summed E-state index contributed by atoms with van der Waals surface area (Å²) >= 11 is 0. The fourth-order valence-corrected chi connectivity index (χ4v) is 2.66. The normalized spacial score (nSPS) is 27.2. The Balaban J connectivity index is 2.02. The lowest BCUT2D eigenvalue weighted by molar-refractivity contribution is 0.174. The van der Waals surface area contributed by atoms with E-state index in [0.717, 1.165) is 31.1 Å². The fraction of sp³-hybridized carbons (Fsp3) is 0.538. The molecule has 4 heteroatoms. The molecule has 2 N–H and O–H groups in total. The highest BCUT2D eigenvalue weighted by Crippen LogP contribution is 2.38. The Morgan fingerprint density at radius 2 is 1.94 bits per heavy atom. The molecule has 2 heterocycles. The minimum atomic E-state index is -0.0245. The minimum absolute atomic E-state index is 0.0245. The molecule has 1 saturated heterocycles. The molecule has 0 bridgehead atoms. The van der Waals surface area contributed by atoms with E-state index in [1.807, 2.05) is 0 Å². The molecule has 1 aromatic carbocycles. The quantitative estimate of drug-likeness (QED) is 0.764. The molecule has 17 heavy (non-hydrogen) atoms. The Bertz CT molecular complexity index is 439. The predicted octanol–water partition coefficient (Wildman–Crippen LogP) is 1.13. The molecule has 0 amide bonds. The van der Waals surface area contributed by atoms with Crippen LogP contribution >= 0.6 is 0 Å². The molecule has 0 spiro atoms. The number of piperazine rings is 1. The van der Waals surface area contributed by atoms with E-state index >= 15 is 0 Å². The molecule has 4 nitrogen and oxygen atoms in total. The van der Waals surface area contributed by atoms with Gasteiger partial charge in [-0.3, -0.25) is 0 Å².